The lowest BCUT2D eigenvalue weighted by molar-refractivity contribution is -0.161. The number of carbonyl (C=O) groups is 3. The van der Waals surface area contributed by atoms with Gasteiger partial charge in [-0.05, 0) is 50.1 Å². The number of esters is 3. The van der Waals surface area contributed by atoms with Crippen LogP contribution in [-0.4, -0.2) is 46.9 Å². The van der Waals surface area contributed by atoms with Crippen molar-refractivity contribution in [3.8, 4) is 0 Å². The average molecular weight is 535 g/mol. The second-order valence-corrected chi connectivity index (χ2v) is 11.5. The molecular weight excluding hydrogens is 496 g/mol. The molecule has 4 rings (SSSR count). The number of carbonyl (C=O) groups excluding carboxylic acids is 3. The van der Waals surface area contributed by atoms with Crippen molar-refractivity contribution < 1.29 is 33.7 Å². The van der Waals surface area contributed by atoms with E-state index in [0.717, 1.165) is 11.1 Å². The van der Waals surface area contributed by atoms with E-state index in [9.17, 15) is 19.5 Å². The number of aryl methyl sites for hydroxylation is 1. The molecule has 0 radical (unpaired) electrons. The van der Waals surface area contributed by atoms with Gasteiger partial charge in [-0.1, -0.05) is 62.2 Å². The average Bonchev–Trinajstić information content (AvgIpc) is 3.04. The molecule has 0 unspecified atom stereocenters. The first-order chi connectivity index (χ1) is 18.4. The highest BCUT2D eigenvalue weighted by Gasteiger charge is 2.69. The third kappa shape index (κ3) is 5.50. The molecular formula is C32H38O7. The van der Waals surface area contributed by atoms with E-state index in [0.29, 0.717) is 17.5 Å². The minimum atomic E-state index is -1.37. The van der Waals surface area contributed by atoms with Crippen LogP contribution in [0.25, 0.3) is 0 Å². The standard InChI is InChI=1S/C32H38O7/c1-19(2)32(36)18-27(37-22(5)33)31(6)26(39-30(35)23-10-8-7-9-11-23)17-21(4)16-25(28(31)32)38-29(34)24-14-12-20(3)13-15-24/h7-15,17,19,25-28,36H,16,18H2,1-6H3/t25-,26-,27+,28-,31+,32-/m1/s1. The van der Waals surface area contributed by atoms with E-state index in [1.165, 1.54) is 6.92 Å². The molecule has 2 aliphatic carbocycles. The highest BCUT2D eigenvalue weighted by atomic mass is 16.6. The molecule has 0 amide bonds. The zero-order valence-corrected chi connectivity index (χ0v) is 23.5. The predicted octanol–water partition coefficient (Wildman–Crippen LogP) is 5.44. The maximum Gasteiger partial charge on any atom is 0.338 e. The largest absolute Gasteiger partial charge is 0.462 e. The van der Waals surface area contributed by atoms with Gasteiger partial charge in [-0.25, -0.2) is 9.59 Å². The van der Waals surface area contributed by atoms with Crippen LogP contribution in [0.1, 0.15) is 73.7 Å². The van der Waals surface area contributed by atoms with Crippen molar-refractivity contribution >= 4 is 17.9 Å². The summed E-state index contributed by atoms with van der Waals surface area (Å²) in [4.78, 5) is 38.8. The lowest BCUT2D eigenvalue weighted by atomic mass is 9.66. The van der Waals surface area contributed by atoms with Crippen molar-refractivity contribution in [3.05, 3.63) is 82.9 Å². The highest BCUT2D eigenvalue weighted by Crippen LogP contribution is 2.60. The number of ether oxygens (including phenoxy) is 3. The second-order valence-electron chi connectivity index (χ2n) is 11.5. The van der Waals surface area contributed by atoms with Gasteiger partial charge in [-0.3, -0.25) is 4.79 Å². The number of rotatable bonds is 6. The van der Waals surface area contributed by atoms with Crippen LogP contribution in [0.3, 0.4) is 0 Å². The van der Waals surface area contributed by atoms with Crippen LogP contribution < -0.4 is 0 Å². The summed E-state index contributed by atoms with van der Waals surface area (Å²) in [5, 5.41) is 12.2. The smallest absolute Gasteiger partial charge is 0.338 e. The van der Waals surface area contributed by atoms with Gasteiger partial charge in [0.15, 0.2) is 0 Å². The number of hydrogen-bond donors (Lipinski definition) is 1. The highest BCUT2D eigenvalue weighted by molar-refractivity contribution is 5.90. The Hall–Kier alpha value is -3.45. The Bertz CT molecular complexity index is 1250. The molecule has 2 aromatic rings. The summed E-state index contributed by atoms with van der Waals surface area (Å²) in [6.45, 7) is 10.8. The normalized spacial score (nSPS) is 30.1. The number of benzene rings is 2. The Morgan fingerprint density at radius 3 is 2.08 bits per heavy atom. The molecule has 1 N–H and O–H groups in total. The first-order valence-corrected chi connectivity index (χ1v) is 13.5. The molecule has 1 fully saturated rings. The third-order valence-electron chi connectivity index (χ3n) is 8.46. The summed E-state index contributed by atoms with van der Waals surface area (Å²) in [6.07, 6.45) is -0.0987. The molecule has 0 aliphatic heterocycles. The van der Waals surface area contributed by atoms with Gasteiger partial charge in [0.05, 0.1) is 22.1 Å². The van der Waals surface area contributed by atoms with E-state index in [1.54, 1.807) is 36.4 Å². The Morgan fingerprint density at radius 2 is 1.49 bits per heavy atom. The SMILES string of the molecule is CC(=O)O[C@H]1C[C@@](O)(C(C)C)[C@@H]2[C@H](OC(=O)c3ccc(C)cc3)CC(C)=C[C@@H](OC(=O)c3ccccc3)[C@@]12C. The van der Waals surface area contributed by atoms with Gasteiger partial charge in [0.2, 0.25) is 0 Å². The monoisotopic (exact) mass is 534 g/mol. The fourth-order valence-electron chi connectivity index (χ4n) is 6.29. The van der Waals surface area contributed by atoms with E-state index < -0.39 is 53.2 Å². The lowest BCUT2D eigenvalue weighted by Gasteiger charge is -2.45. The van der Waals surface area contributed by atoms with Crippen LogP contribution >= 0.6 is 0 Å². The summed E-state index contributed by atoms with van der Waals surface area (Å²) in [5.74, 6) is -2.50. The minimum absolute atomic E-state index is 0.121. The summed E-state index contributed by atoms with van der Waals surface area (Å²) in [7, 11) is 0. The first kappa shape index (κ1) is 28.6. The molecule has 0 aromatic heterocycles. The predicted molar refractivity (Wildman–Crippen MR) is 146 cm³/mol. The molecule has 7 heteroatoms. The summed E-state index contributed by atoms with van der Waals surface area (Å²) < 4.78 is 18.1. The van der Waals surface area contributed by atoms with Crippen molar-refractivity contribution in [1.29, 1.82) is 0 Å². The van der Waals surface area contributed by atoms with Crippen LogP contribution in [0, 0.1) is 24.2 Å². The van der Waals surface area contributed by atoms with Gasteiger partial charge in [-0.15, -0.1) is 0 Å². The Labute approximate surface area is 230 Å². The van der Waals surface area contributed by atoms with E-state index in [-0.39, 0.29) is 12.3 Å². The molecule has 2 aromatic carbocycles. The van der Waals surface area contributed by atoms with Crippen LogP contribution in [0.2, 0.25) is 0 Å². The summed E-state index contributed by atoms with van der Waals surface area (Å²) in [6, 6.07) is 15.8. The minimum Gasteiger partial charge on any atom is -0.462 e. The van der Waals surface area contributed by atoms with Crippen molar-refractivity contribution in [3.63, 3.8) is 0 Å². The number of fused-ring (bicyclic) bond motifs is 1. The van der Waals surface area contributed by atoms with Gasteiger partial charge >= 0.3 is 17.9 Å². The lowest BCUT2D eigenvalue weighted by Crippen LogP contribution is -2.55. The molecule has 1 saturated carbocycles. The Morgan fingerprint density at radius 1 is 0.897 bits per heavy atom. The van der Waals surface area contributed by atoms with Gasteiger partial charge < -0.3 is 19.3 Å². The number of aliphatic hydroxyl groups is 1. The fraction of sp³-hybridized carbons (Fsp3) is 0.469. The van der Waals surface area contributed by atoms with Crippen molar-refractivity contribution in [1.82, 2.24) is 0 Å². The maximum atomic E-state index is 13.3. The van der Waals surface area contributed by atoms with Crippen molar-refractivity contribution in [2.75, 3.05) is 0 Å². The van der Waals surface area contributed by atoms with E-state index in [1.807, 2.05) is 58.9 Å². The zero-order valence-electron chi connectivity index (χ0n) is 23.5. The first-order valence-electron chi connectivity index (χ1n) is 13.5. The molecule has 6 atom stereocenters. The molecule has 208 valence electrons. The van der Waals surface area contributed by atoms with E-state index in [2.05, 4.69) is 0 Å². The third-order valence-corrected chi connectivity index (χ3v) is 8.46. The van der Waals surface area contributed by atoms with Crippen molar-refractivity contribution in [2.24, 2.45) is 17.3 Å². The summed E-state index contributed by atoms with van der Waals surface area (Å²) >= 11 is 0. The van der Waals surface area contributed by atoms with Gasteiger partial charge in [-0.2, -0.15) is 0 Å². The molecule has 0 bridgehead atoms. The zero-order chi connectivity index (χ0) is 28.5. The van der Waals surface area contributed by atoms with Crippen LogP contribution in [0.4, 0.5) is 0 Å². The quantitative estimate of drug-likeness (QED) is 0.299. The van der Waals surface area contributed by atoms with Crippen LogP contribution in [0.15, 0.2) is 66.2 Å². The Balaban J connectivity index is 1.80. The maximum absolute atomic E-state index is 13.3. The molecule has 0 heterocycles. The van der Waals surface area contributed by atoms with E-state index >= 15 is 0 Å². The van der Waals surface area contributed by atoms with Crippen molar-refractivity contribution in [2.45, 2.75) is 78.3 Å². The molecule has 0 saturated heterocycles. The second kappa shape index (κ2) is 11.0. The van der Waals surface area contributed by atoms with Gasteiger partial charge in [0, 0.05) is 25.7 Å². The van der Waals surface area contributed by atoms with Gasteiger partial charge in [0.25, 0.3) is 0 Å². The van der Waals surface area contributed by atoms with Gasteiger partial charge in [0.1, 0.15) is 18.3 Å². The Kier molecular flexibility index (Phi) is 8.03. The molecule has 0 spiro atoms. The van der Waals surface area contributed by atoms with E-state index in [4.69, 9.17) is 14.2 Å². The number of hydrogen-bond acceptors (Lipinski definition) is 7. The fourth-order valence-corrected chi connectivity index (χ4v) is 6.29. The van der Waals surface area contributed by atoms with Crippen LogP contribution in [0.5, 0.6) is 0 Å². The molecule has 39 heavy (non-hydrogen) atoms. The molecule has 2 aliphatic rings. The molecule has 7 nitrogen and oxygen atoms in total. The van der Waals surface area contributed by atoms with Crippen LogP contribution in [-0.2, 0) is 19.0 Å². The summed E-state index contributed by atoms with van der Waals surface area (Å²) in [5.41, 5.74) is 0.184. The topological polar surface area (TPSA) is 99.1 Å².